The summed E-state index contributed by atoms with van der Waals surface area (Å²) in [5.74, 6) is -0.0283. The van der Waals surface area contributed by atoms with Crippen LogP contribution in [0.4, 0.5) is 17.1 Å². The van der Waals surface area contributed by atoms with Crippen molar-refractivity contribution in [3.05, 3.63) is 17.7 Å². The fraction of sp³-hybridized carbons (Fsp3) is 0.385. The maximum Gasteiger partial charge on any atom is 0.228 e. The Morgan fingerprint density at radius 2 is 2.26 bits per heavy atom. The average molecular weight is 262 g/mol. The maximum atomic E-state index is 11.3. The first-order valence-corrected chi connectivity index (χ1v) is 6.15. The highest BCUT2D eigenvalue weighted by molar-refractivity contribution is 6.00. The molecule has 6 nitrogen and oxygen atoms in total. The zero-order chi connectivity index (χ0) is 14.0. The van der Waals surface area contributed by atoms with Crippen LogP contribution in [0.25, 0.3) is 0 Å². The minimum atomic E-state index is -0.0143. The van der Waals surface area contributed by atoms with Gasteiger partial charge in [-0.05, 0) is 17.7 Å². The van der Waals surface area contributed by atoms with Crippen LogP contribution in [0.5, 0.6) is 0 Å². The van der Waals surface area contributed by atoms with Gasteiger partial charge in [-0.2, -0.15) is 0 Å². The minimum absolute atomic E-state index is 0.0140. The SMILES string of the molecule is CNC(=O)CCN(C)c1cc2c(cc1N)CC(=O)N2. The summed E-state index contributed by atoms with van der Waals surface area (Å²) in [6.45, 7) is 0.566. The maximum absolute atomic E-state index is 11.3. The van der Waals surface area contributed by atoms with Crippen LogP contribution in [0.2, 0.25) is 0 Å². The van der Waals surface area contributed by atoms with Gasteiger partial charge in [0.15, 0.2) is 0 Å². The third-order valence-corrected chi connectivity index (χ3v) is 3.24. The number of anilines is 3. The summed E-state index contributed by atoms with van der Waals surface area (Å²) in [6, 6.07) is 3.68. The summed E-state index contributed by atoms with van der Waals surface area (Å²) in [7, 11) is 3.49. The van der Waals surface area contributed by atoms with Gasteiger partial charge in [-0.25, -0.2) is 0 Å². The molecule has 6 heteroatoms. The molecule has 0 bridgehead atoms. The van der Waals surface area contributed by atoms with E-state index < -0.39 is 0 Å². The van der Waals surface area contributed by atoms with E-state index in [0.29, 0.717) is 25.1 Å². The van der Waals surface area contributed by atoms with Crippen LogP contribution >= 0.6 is 0 Å². The van der Waals surface area contributed by atoms with Crippen LogP contribution in [0, 0.1) is 0 Å². The third-order valence-electron chi connectivity index (χ3n) is 3.24. The first kappa shape index (κ1) is 13.2. The molecule has 1 aliphatic heterocycles. The van der Waals surface area contributed by atoms with Gasteiger partial charge in [0.25, 0.3) is 0 Å². The number of fused-ring (bicyclic) bond motifs is 1. The van der Waals surface area contributed by atoms with Crippen molar-refractivity contribution in [1.82, 2.24) is 5.32 Å². The molecule has 0 aromatic heterocycles. The summed E-state index contributed by atoms with van der Waals surface area (Å²) in [4.78, 5) is 24.5. The van der Waals surface area contributed by atoms with Gasteiger partial charge in [0.2, 0.25) is 11.8 Å². The molecular formula is C13H18N4O2. The molecule has 2 rings (SSSR count). The van der Waals surface area contributed by atoms with Crippen LogP contribution in [-0.2, 0) is 16.0 Å². The molecule has 0 radical (unpaired) electrons. The highest BCUT2D eigenvalue weighted by Crippen LogP contribution is 2.33. The molecule has 2 amide bonds. The van der Waals surface area contributed by atoms with Crippen molar-refractivity contribution in [3.8, 4) is 0 Å². The normalized spacial score (nSPS) is 12.8. The summed E-state index contributed by atoms with van der Waals surface area (Å²) >= 11 is 0. The van der Waals surface area contributed by atoms with E-state index in [1.807, 2.05) is 24.1 Å². The Morgan fingerprint density at radius 1 is 1.53 bits per heavy atom. The Bertz CT molecular complexity index is 528. The first-order valence-electron chi connectivity index (χ1n) is 6.15. The van der Waals surface area contributed by atoms with E-state index in [2.05, 4.69) is 10.6 Å². The van der Waals surface area contributed by atoms with E-state index in [1.165, 1.54) is 0 Å². The van der Waals surface area contributed by atoms with Gasteiger partial charge in [0.05, 0.1) is 17.8 Å². The quantitative estimate of drug-likeness (QED) is 0.683. The van der Waals surface area contributed by atoms with Crippen molar-refractivity contribution in [1.29, 1.82) is 0 Å². The van der Waals surface area contributed by atoms with E-state index in [-0.39, 0.29) is 11.8 Å². The van der Waals surface area contributed by atoms with E-state index in [1.54, 1.807) is 7.05 Å². The fourth-order valence-corrected chi connectivity index (χ4v) is 2.13. The van der Waals surface area contributed by atoms with Crippen molar-refractivity contribution in [2.45, 2.75) is 12.8 Å². The van der Waals surface area contributed by atoms with E-state index in [9.17, 15) is 9.59 Å². The van der Waals surface area contributed by atoms with Gasteiger partial charge < -0.3 is 21.3 Å². The Kier molecular flexibility index (Phi) is 3.59. The Balaban J connectivity index is 2.14. The molecule has 1 aromatic carbocycles. The molecule has 0 saturated heterocycles. The number of amides is 2. The monoisotopic (exact) mass is 262 g/mol. The van der Waals surface area contributed by atoms with Gasteiger partial charge in [-0.3, -0.25) is 9.59 Å². The fourth-order valence-electron chi connectivity index (χ4n) is 2.13. The second kappa shape index (κ2) is 5.17. The topological polar surface area (TPSA) is 87.5 Å². The number of carbonyl (C=O) groups excluding carboxylic acids is 2. The second-order valence-electron chi connectivity index (χ2n) is 4.64. The lowest BCUT2D eigenvalue weighted by atomic mass is 10.1. The predicted octanol–water partition coefficient (Wildman–Crippen LogP) is 0.336. The molecular weight excluding hydrogens is 244 g/mol. The first-order chi connectivity index (χ1) is 9.01. The van der Waals surface area contributed by atoms with E-state index in [4.69, 9.17) is 5.73 Å². The number of carbonyl (C=O) groups is 2. The van der Waals surface area contributed by atoms with Crippen LogP contribution in [0.3, 0.4) is 0 Å². The summed E-state index contributed by atoms with van der Waals surface area (Å²) in [6.07, 6.45) is 0.775. The molecule has 0 atom stereocenters. The van der Waals surface area contributed by atoms with Gasteiger partial charge in [0.1, 0.15) is 0 Å². The van der Waals surface area contributed by atoms with E-state index in [0.717, 1.165) is 16.9 Å². The summed E-state index contributed by atoms with van der Waals surface area (Å²) in [5.41, 5.74) is 9.17. The molecule has 0 saturated carbocycles. The summed E-state index contributed by atoms with van der Waals surface area (Å²) < 4.78 is 0. The van der Waals surface area contributed by atoms with Gasteiger partial charge in [0, 0.05) is 32.7 Å². The standard InChI is InChI=1S/C13H18N4O2/c1-15-12(18)3-4-17(2)11-7-10-8(5-9(11)14)6-13(19)16-10/h5,7H,3-4,6,14H2,1-2H3,(H,15,18)(H,16,19). The molecule has 102 valence electrons. The van der Waals surface area contributed by atoms with Crippen molar-refractivity contribution in [2.24, 2.45) is 0 Å². The van der Waals surface area contributed by atoms with Gasteiger partial charge in [-0.1, -0.05) is 0 Å². The Hall–Kier alpha value is -2.24. The van der Waals surface area contributed by atoms with E-state index >= 15 is 0 Å². The zero-order valence-electron chi connectivity index (χ0n) is 11.1. The highest BCUT2D eigenvalue weighted by atomic mass is 16.2. The third kappa shape index (κ3) is 2.78. The van der Waals surface area contributed by atoms with Crippen LogP contribution < -0.4 is 21.3 Å². The van der Waals surface area contributed by atoms with Crippen molar-refractivity contribution < 1.29 is 9.59 Å². The zero-order valence-corrected chi connectivity index (χ0v) is 11.1. The van der Waals surface area contributed by atoms with Crippen LogP contribution in [0.1, 0.15) is 12.0 Å². The largest absolute Gasteiger partial charge is 0.397 e. The van der Waals surface area contributed by atoms with Gasteiger partial charge in [-0.15, -0.1) is 0 Å². The molecule has 0 spiro atoms. The molecule has 19 heavy (non-hydrogen) atoms. The molecule has 1 aromatic rings. The number of nitrogen functional groups attached to an aromatic ring is 1. The number of nitrogens with one attached hydrogen (secondary N) is 2. The lowest BCUT2D eigenvalue weighted by Gasteiger charge is -2.21. The molecule has 4 N–H and O–H groups in total. The smallest absolute Gasteiger partial charge is 0.228 e. The average Bonchev–Trinajstić information content (AvgIpc) is 2.73. The molecule has 0 unspecified atom stereocenters. The van der Waals surface area contributed by atoms with Gasteiger partial charge >= 0.3 is 0 Å². The van der Waals surface area contributed by atoms with Crippen molar-refractivity contribution in [2.75, 3.05) is 36.6 Å². The lowest BCUT2D eigenvalue weighted by Crippen LogP contribution is -2.26. The predicted molar refractivity (Wildman–Crippen MR) is 75.1 cm³/mol. The number of benzene rings is 1. The Morgan fingerprint density at radius 3 is 2.95 bits per heavy atom. The molecule has 0 aliphatic carbocycles. The number of hydrogen-bond acceptors (Lipinski definition) is 4. The van der Waals surface area contributed by atoms with Crippen LogP contribution in [-0.4, -0.2) is 32.5 Å². The minimum Gasteiger partial charge on any atom is -0.397 e. The van der Waals surface area contributed by atoms with Crippen molar-refractivity contribution >= 4 is 28.9 Å². The molecule has 1 aliphatic rings. The van der Waals surface area contributed by atoms with Crippen LogP contribution in [0.15, 0.2) is 12.1 Å². The second-order valence-corrected chi connectivity index (χ2v) is 4.64. The molecule has 0 fully saturated rings. The Labute approximate surface area is 112 Å². The highest BCUT2D eigenvalue weighted by Gasteiger charge is 2.20. The lowest BCUT2D eigenvalue weighted by molar-refractivity contribution is -0.120. The number of nitrogens with zero attached hydrogens (tertiary/aromatic N) is 1. The number of rotatable bonds is 4. The van der Waals surface area contributed by atoms with Crippen molar-refractivity contribution in [3.63, 3.8) is 0 Å². The summed E-state index contributed by atoms with van der Waals surface area (Å²) in [5, 5.41) is 5.38. The molecule has 1 heterocycles. The number of hydrogen-bond donors (Lipinski definition) is 3. The number of nitrogens with two attached hydrogens (primary N) is 1.